The van der Waals surface area contributed by atoms with Gasteiger partial charge in [0.05, 0.1) is 6.04 Å². The Hall–Kier alpha value is -3.15. The molecule has 0 saturated carbocycles. The van der Waals surface area contributed by atoms with Crippen molar-refractivity contribution in [2.24, 2.45) is 0 Å². The Kier molecular flexibility index (Phi) is 5.23. The molecule has 1 saturated heterocycles. The molecule has 1 heterocycles. The standard InChI is InChI=1S/C22H25N3O3/c1-14-5-9-17(10-6-14)16(3)23-19(26)13-25-20(27)22(4,24-21(25)28)18-11-7-15(2)8-12-18/h5-12,16H,13H2,1-4H3,(H,23,26)(H,24,28). The van der Waals surface area contributed by atoms with E-state index in [0.29, 0.717) is 5.56 Å². The summed E-state index contributed by atoms with van der Waals surface area (Å²) in [5, 5.41) is 5.57. The number of nitrogens with zero attached hydrogens (tertiary/aromatic N) is 1. The fraction of sp³-hybridized carbons (Fsp3) is 0.318. The first-order valence-electron chi connectivity index (χ1n) is 9.28. The zero-order valence-corrected chi connectivity index (χ0v) is 16.6. The quantitative estimate of drug-likeness (QED) is 0.784. The molecule has 2 N–H and O–H groups in total. The lowest BCUT2D eigenvalue weighted by Crippen LogP contribution is -2.43. The minimum Gasteiger partial charge on any atom is -0.348 e. The minimum absolute atomic E-state index is 0.225. The molecule has 0 radical (unpaired) electrons. The van der Waals surface area contributed by atoms with E-state index >= 15 is 0 Å². The third-order valence-corrected chi connectivity index (χ3v) is 5.16. The van der Waals surface area contributed by atoms with Gasteiger partial charge in [0.15, 0.2) is 0 Å². The van der Waals surface area contributed by atoms with Gasteiger partial charge >= 0.3 is 6.03 Å². The summed E-state index contributed by atoms with van der Waals surface area (Å²) in [4.78, 5) is 38.7. The molecule has 146 valence electrons. The molecule has 2 unspecified atom stereocenters. The predicted octanol–water partition coefficient (Wildman–Crippen LogP) is 2.95. The molecule has 2 atom stereocenters. The third kappa shape index (κ3) is 3.76. The van der Waals surface area contributed by atoms with Crippen molar-refractivity contribution < 1.29 is 14.4 Å². The van der Waals surface area contributed by atoms with Crippen LogP contribution in [-0.2, 0) is 15.1 Å². The number of rotatable bonds is 5. The molecule has 1 fully saturated rings. The van der Waals surface area contributed by atoms with Crippen LogP contribution in [0.15, 0.2) is 48.5 Å². The SMILES string of the molecule is Cc1ccc(C(C)NC(=O)CN2C(=O)NC(C)(c3ccc(C)cc3)C2=O)cc1. The van der Waals surface area contributed by atoms with E-state index in [2.05, 4.69) is 10.6 Å². The van der Waals surface area contributed by atoms with Gasteiger partial charge in [-0.25, -0.2) is 4.79 Å². The summed E-state index contributed by atoms with van der Waals surface area (Å²) < 4.78 is 0. The lowest BCUT2D eigenvalue weighted by atomic mass is 9.91. The molecular formula is C22H25N3O3. The van der Waals surface area contributed by atoms with Crippen molar-refractivity contribution in [2.75, 3.05) is 6.54 Å². The Morgan fingerprint density at radius 3 is 2.14 bits per heavy atom. The maximum absolute atomic E-state index is 12.9. The monoisotopic (exact) mass is 379 g/mol. The number of benzene rings is 2. The zero-order valence-electron chi connectivity index (χ0n) is 16.6. The maximum Gasteiger partial charge on any atom is 0.325 e. The van der Waals surface area contributed by atoms with Crippen LogP contribution in [0.4, 0.5) is 4.79 Å². The van der Waals surface area contributed by atoms with E-state index in [1.54, 1.807) is 6.92 Å². The van der Waals surface area contributed by atoms with Crippen LogP contribution >= 0.6 is 0 Å². The molecule has 2 aromatic carbocycles. The maximum atomic E-state index is 12.9. The Morgan fingerprint density at radius 1 is 1.04 bits per heavy atom. The fourth-order valence-corrected chi connectivity index (χ4v) is 3.29. The number of nitrogens with one attached hydrogen (secondary N) is 2. The predicted molar refractivity (Wildman–Crippen MR) is 107 cm³/mol. The molecule has 6 heteroatoms. The van der Waals surface area contributed by atoms with Crippen molar-refractivity contribution in [1.82, 2.24) is 15.5 Å². The molecule has 1 aliphatic rings. The zero-order chi connectivity index (χ0) is 20.5. The van der Waals surface area contributed by atoms with Gasteiger partial charge in [0, 0.05) is 0 Å². The topological polar surface area (TPSA) is 78.5 Å². The third-order valence-electron chi connectivity index (χ3n) is 5.16. The molecule has 0 aliphatic carbocycles. The van der Waals surface area contributed by atoms with Gasteiger partial charge in [-0.05, 0) is 38.8 Å². The minimum atomic E-state index is -1.17. The summed E-state index contributed by atoms with van der Waals surface area (Å²) in [5.41, 5.74) is 2.67. The normalized spacial score (nSPS) is 20.1. The average molecular weight is 379 g/mol. The molecule has 0 spiro atoms. The lowest BCUT2D eigenvalue weighted by Gasteiger charge is -2.22. The smallest absolute Gasteiger partial charge is 0.325 e. The van der Waals surface area contributed by atoms with Crippen LogP contribution in [-0.4, -0.2) is 29.3 Å². The second-order valence-corrected chi connectivity index (χ2v) is 7.51. The van der Waals surface area contributed by atoms with Crippen LogP contribution in [0.25, 0.3) is 0 Å². The number of aryl methyl sites for hydroxylation is 2. The van der Waals surface area contributed by atoms with Gasteiger partial charge in [0.1, 0.15) is 12.1 Å². The first kappa shape index (κ1) is 19.6. The van der Waals surface area contributed by atoms with E-state index in [4.69, 9.17) is 0 Å². The molecule has 4 amide bonds. The molecule has 2 aromatic rings. The van der Waals surface area contributed by atoms with Gasteiger partial charge < -0.3 is 10.6 Å². The van der Waals surface area contributed by atoms with Crippen LogP contribution in [0.1, 0.15) is 42.1 Å². The Balaban J connectivity index is 1.69. The summed E-state index contributed by atoms with van der Waals surface area (Å²) >= 11 is 0. The van der Waals surface area contributed by atoms with Crippen LogP contribution in [0.5, 0.6) is 0 Å². The summed E-state index contributed by atoms with van der Waals surface area (Å²) in [6.07, 6.45) is 0. The Bertz CT molecular complexity index is 906. The van der Waals surface area contributed by atoms with Gasteiger partial charge in [0.2, 0.25) is 5.91 Å². The van der Waals surface area contributed by atoms with Crippen molar-refractivity contribution >= 4 is 17.8 Å². The number of amides is 4. The highest BCUT2D eigenvalue weighted by Gasteiger charge is 2.49. The average Bonchev–Trinajstić information content (AvgIpc) is 2.86. The Morgan fingerprint density at radius 2 is 1.57 bits per heavy atom. The highest BCUT2D eigenvalue weighted by atomic mass is 16.2. The van der Waals surface area contributed by atoms with Gasteiger partial charge in [-0.15, -0.1) is 0 Å². The summed E-state index contributed by atoms with van der Waals surface area (Å²) in [7, 11) is 0. The van der Waals surface area contributed by atoms with E-state index in [9.17, 15) is 14.4 Å². The van der Waals surface area contributed by atoms with Crippen molar-refractivity contribution in [2.45, 2.75) is 39.3 Å². The number of hydrogen-bond acceptors (Lipinski definition) is 3. The number of hydrogen-bond donors (Lipinski definition) is 2. The summed E-state index contributed by atoms with van der Waals surface area (Å²) in [5.74, 6) is -0.816. The van der Waals surface area contributed by atoms with E-state index in [-0.39, 0.29) is 18.5 Å². The van der Waals surface area contributed by atoms with Crippen LogP contribution in [0.2, 0.25) is 0 Å². The van der Waals surface area contributed by atoms with Gasteiger partial charge in [-0.3, -0.25) is 14.5 Å². The van der Waals surface area contributed by atoms with Crippen molar-refractivity contribution in [3.63, 3.8) is 0 Å². The largest absolute Gasteiger partial charge is 0.348 e. The van der Waals surface area contributed by atoms with Crippen LogP contribution < -0.4 is 10.6 Å². The molecule has 1 aliphatic heterocycles. The summed E-state index contributed by atoms with van der Waals surface area (Å²) in [6, 6.07) is 14.5. The molecule has 3 rings (SSSR count). The van der Waals surface area contributed by atoms with E-state index in [1.165, 1.54) is 0 Å². The van der Waals surface area contributed by atoms with Gasteiger partial charge in [-0.2, -0.15) is 0 Å². The van der Waals surface area contributed by atoms with Crippen molar-refractivity contribution in [3.05, 3.63) is 70.8 Å². The molecular weight excluding hydrogens is 354 g/mol. The second-order valence-electron chi connectivity index (χ2n) is 7.51. The molecule has 0 bridgehead atoms. The van der Waals surface area contributed by atoms with E-state index in [0.717, 1.165) is 21.6 Å². The molecule has 28 heavy (non-hydrogen) atoms. The summed E-state index contributed by atoms with van der Waals surface area (Å²) in [6.45, 7) is 7.15. The molecule has 0 aromatic heterocycles. The van der Waals surface area contributed by atoms with E-state index in [1.807, 2.05) is 69.3 Å². The van der Waals surface area contributed by atoms with Crippen molar-refractivity contribution in [1.29, 1.82) is 0 Å². The second kappa shape index (κ2) is 7.46. The van der Waals surface area contributed by atoms with Crippen LogP contribution in [0.3, 0.4) is 0 Å². The van der Waals surface area contributed by atoms with Crippen molar-refractivity contribution in [3.8, 4) is 0 Å². The fourth-order valence-electron chi connectivity index (χ4n) is 3.29. The lowest BCUT2D eigenvalue weighted by molar-refractivity contribution is -0.135. The first-order valence-corrected chi connectivity index (χ1v) is 9.28. The highest BCUT2D eigenvalue weighted by molar-refractivity contribution is 6.09. The first-order chi connectivity index (χ1) is 13.2. The van der Waals surface area contributed by atoms with Gasteiger partial charge in [-0.1, -0.05) is 59.7 Å². The molecule has 6 nitrogen and oxygen atoms in total. The van der Waals surface area contributed by atoms with E-state index < -0.39 is 17.5 Å². The van der Waals surface area contributed by atoms with Gasteiger partial charge in [0.25, 0.3) is 5.91 Å². The number of urea groups is 1. The highest BCUT2D eigenvalue weighted by Crippen LogP contribution is 2.29. The number of carbonyl (C=O) groups excluding carboxylic acids is 3. The van der Waals surface area contributed by atoms with Crippen LogP contribution in [0, 0.1) is 13.8 Å². The number of imide groups is 1. The Labute approximate surface area is 164 Å². The number of carbonyl (C=O) groups is 3.